The summed E-state index contributed by atoms with van der Waals surface area (Å²) in [6, 6.07) is 6.87. The summed E-state index contributed by atoms with van der Waals surface area (Å²) in [7, 11) is -4.53. The van der Waals surface area contributed by atoms with E-state index >= 15 is 0 Å². The number of rotatable bonds is 2. The van der Waals surface area contributed by atoms with E-state index in [1.165, 1.54) is 6.20 Å². The Morgan fingerprint density at radius 2 is 1.88 bits per heavy atom. The van der Waals surface area contributed by atoms with E-state index in [0.29, 0.717) is 10.8 Å². The van der Waals surface area contributed by atoms with Crippen LogP contribution in [0.25, 0.3) is 10.8 Å². The van der Waals surface area contributed by atoms with Crippen LogP contribution in [-0.2, 0) is 10.1 Å². The number of aliphatic hydroxyl groups excluding tert-OH is 1. The molecular weight excluding hydrogens is 230 g/mol. The number of benzene rings is 1. The van der Waals surface area contributed by atoms with Crippen molar-refractivity contribution in [2.75, 3.05) is 0 Å². The maximum Gasteiger partial charge on any atom is 0.296 e. The second kappa shape index (κ2) is 3.82. The van der Waals surface area contributed by atoms with E-state index in [2.05, 4.69) is 4.98 Å². The van der Waals surface area contributed by atoms with Crippen molar-refractivity contribution in [1.29, 1.82) is 0 Å². The van der Waals surface area contributed by atoms with Gasteiger partial charge in [-0.05, 0) is 5.39 Å². The van der Waals surface area contributed by atoms with E-state index in [1.54, 1.807) is 30.5 Å². The molecule has 0 aliphatic rings. The molecule has 1 atom stereocenters. The fourth-order valence-corrected chi connectivity index (χ4v) is 2.01. The maximum absolute atomic E-state index is 10.9. The summed E-state index contributed by atoms with van der Waals surface area (Å²) in [5, 5.41) is 10.7. The summed E-state index contributed by atoms with van der Waals surface area (Å²) < 4.78 is 30.5. The lowest BCUT2D eigenvalue weighted by Crippen LogP contribution is -2.11. The van der Waals surface area contributed by atoms with Gasteiger partial charge in [0.05, 0.1) is 0 Å². The molecule has 2 aromatic rings. The Kier molecular flexibility index (Phi) is 2.63. The molecule has 5 nitrogen and oxygen atoms in total. The number of hydrogen-bond donors (Lipinski definition) is 2. The van der Waals surface area contributed by atoms with Crippen molar-refractivity contribution in [2.45, 2.75) is 5.44 Å². The van der Waals surface area contributed by atoms with Crippen molar-refractivity contribution < 1.29 is 18.1 Å². The Morgan fingerprint density at radius 3 is 2.56 bits per heavy atom. The van der Waals surface area contributed by atoms with Gasteiger partial charge >= 0.3 is 0 Å². The first kappa shape index (κ1) is 11.0. The van der Waals surface area contributed by atoms with Crippen LogP contribution in [0, 0.1) is 0 Å². The zero-order valence-corrected chi connectivity index (χ0v) is 8.92. The Balaban J connectivity index is 2.70. The molecule has 0 spiro atoms. The van der Waals surface area contributed by atoms with Crippen molar-refractivity contribution in [1.82, 2.24) is 4.98 Å². The molecule has 0 amide bonds. The highest BCUT2D eigenvalue weighted by molar-refractivity contribution is 7.85. The molecule has 0 radical (unpaired) electrons. The molecule has 0 saturated carbocycles. The first-order valence-corrected chi connectivity index (χ1v) is 5.97. The quantitative estimate of drug-likeness (QED) is 0.766. The zero-order valence-electron chi connectivity index (χ0n) is 8.11. The number of nitrogens with zero attached hydrogens (tertiary/aromatic N) is 1. The minimum absolute atomic E-state index is 0.0700. The Morgan fingerprint density at radius 1 is 1.19 bits per heavy atom. The highest BCUT2D eigenvalue weighted by atomic mass is 32.2. The molecule has 2 rings (SSSR count). The van der Waals surface area contributed by atoms with Crippen LogP contribution >= 0.6 is 0 Å². The van der Waals surface area contributed by atoms with Crippen LogP contribution in [0.1, 0.15) is 11.0 Å². The van der Waals surface area contributed by atoms with Crippen molar-refractivity contribution in [3.05, 3.63) is 42.2 Å². The molecule has 0 bridgehead atoms. The number of pyridine rings is 1. The lowest BCUT2D eigenvalue weighted by atomic mass is 10.1. The van der Waals surface area contributed by atoms with Gasteiger partial charge in [-0.1, -0.05) is 24.3 Å². The van der Waals surface area contributed by atoms with Crippen molar-refractivity contribution in [3.63, 3.8) is 0 Å². The predicted octanol–water partition coefficient (Wildman–Crippen LogP) is 1.11. The van der Waals surface area contributed by atoms with Gasteiger partial charge in [-0.3, -0.25) is 9.54 Å². The van der Waals surface area contributed by atoms with Crippen molar-refractivity contribution >= 4 is 20.9 Å². The van der Waals surface area contributed by atoms with Crippen LogP contribution in [0.5, 0.6) is 0 Å². The van der Waals surface area contributed by atoms with Crippen LogP contribution in [0.2, 0.25) is 0 Å². The van der Waals surface area contributed by atoms with Gasteiger partial charge in [-0.15, -0.1) is 0 Å². The first-order valence-electron chi connectivity index (χ1n) is 4.47. The molecule has 2 N–H and O–H groups in total. The summed E-state index contributed by atoms with van der Waals surface area (Å²) >= 11 is 0. The lowest BCUT2D eigenvalue weighted by molar-refractivity contribution is 0.239. The predicted molar refractivity (Wildman–Crippen MR) is 58.3 cm³/mol. The highest BCUT2D eigenvalue weighted by Gasteiger charge is 2.23. The monoisotopic (exact) mass is 239 g/mol. The zero-order chi connectivity index (χ0) is 11.8. The second-order valence-corrected chi connectivity index (χ2v) is 4.79. The van der Waals surface area contributed by atoms with Crippen LogP contribution in [-0.4, -0.2) is 23.1 Å². The molecule has 0 saturated heterocycles. The molecule has 1 aromatic heterocycles. The molecule has 1 aromatic carbocycles. The van der Waals surface area contributed by atoms with Gasteiger partial charge in [-0.25, -0.2) is 0 Å². The van der Waals surface area contributed by atoms with Gasteiger partial charge in [-0.2, -0.15) is 8.42 Å². The van der Waals surface area contributed by atoms with E-state index in [-0.39, 0.29) is 5.56 Å². The van der Waals surface area contributed by atoms with E-state index in [1.807, 2.05) is 0 Å². The fourth-order valence-electron chi connectivity index (χ4n) is 1.50. The molecular formula is C10H9NO4S. The summed E-state index contributed by atoms with van der Waals surface area (Å²) in [5.41, 5.74) is -1.90. The largest absolute Gasteiger partial charge is 0.371 e. The Labute approximate surface area is 92.1 Å². The van der Waals surface area contributed by atoms with Gasteiger partial charge in [0.1, 0.15) is 0 Å². The summed E-state index contributed by atoms with van der Waals surface area (Å²) in [5.74, 6) is 0. The Hall–Kier alpha value is -1.50. The second-order valence-electron chi connectivity index (χ2n) is 3.32. The van der Waals surface area contributed by atoms with Gasteiger partial charge in [0, 0.05) is 23.3 Å². The van der Waals surface area contributed by atoms with Gasteiger partial charge in [0.15, 0.2) is 0 Å². The molecule has 0 aliphatic heterocycles. The number of fused-ring (bicyclic) bond motifs is 1. The SMILES string of the molecule is O=S(=O)(O)C(O)c1cncc2ccccc12. The third kappa shape index (κ3) is 1.90. The Bertz CT molecular complexity index is 618. The number of aliphatic hydroxyl groups is 1. The third-order valence-electron chi connectivity index (χ3n) is 2.25. The summed E-state index contributed by atoms with van der Waals surface area (Å²) in [4.78, 5) is 3.81. The number of hydrogen-bond acceptors (Lipinski definition) is 4. The third-order valence-corrected chi connectivity index (χ3v) is 3.07. The summed E-state index contributed by atoms with van der Waals surface area (Å²) in [6.07, 6.45) is 2.77. The van der Waals surface area contributed by atoms with E-state index < -0.39 is 15.6 Å². The van der Waals surface area contributed by atoms with Gasteiger partial charge in [0.25, 0.3) is 10.1 Å². The molecule has 6 heteroatoms. The topological polar surface area (TPSA) is 87.5 Å². The first-order chi connectivity index (χ1) is 7.50. The van der Waals surface area contributed by atoms with E-state index in [9.17, 15) is 13.5 Å². The highest BCUT2D eigenvalue weighted by Crippen LogP contribution is 2.25. The molecule has 0 fully saturated rings. The molecule has 1 heterocycles. The smallest absolute Gasteiger partial charge is 0.296 e. The molecule has 16 heavy (non-hydrogen) atoms. The molecule has 1 unspecified atom stereocenters. The lowest BCUT2D eigenvalue weighted by Gasteiger charge is -2.09. The average molecular weight is 239 g/mol. The van der Waals surface area contributed by atoms with Gasteiger partial charge < -0.3 is 5.11 Å². The van der Waals surface area contributed by atoms with Crippen LogP contribution in [0.4, 0.5) is 0 Å². The van der Waals surface area contributed by atoms with Crippen LogP contribution in [0.3, 0.4) is 0 Å². The van der Waals surface area contributed by atoms with E-state index in [4.69, 9.17) is 4.55 Å². The van der Waals surface area contributed by atoms with Gasteiger partial charge in [0.2, 0.25) is 5.44 Å². The van der Waals surface area contributed by atoms with Crippen molar-refractivity contribution in [3.8, 4) is 0 Å². The molecule has 84 valence electrons. The minimum atomic E-state index is -4.53. The molecule has 0 aliphatic carbocycles. The van der Waals surface area contributed by atoms with Crippen molar-refractivity contribution in [2.24, 2.45) is 0 Å². The number of aromatic nitrogens is 1. The normalized spacial score (nSPS) is 13.9. The minimum Gasteiger partial charge on any atom is -0.371 e. The standard InChI is InChI=1S/C10H9NO4S/c12-10(16(13,14)15)9-6-11-5-7-3-1-2-4-8(7)9/h1-6,10,12H,(H,13,14,15). The van der Waals surface area contributed by atoms with E-state index in [0.717, 1.165) is 0 Å². The van der Waals surface area contributed by atoms with Crippen LogP contribution < -0.4 is 0 Å². The fraction of sp³-hybridized carbons (Fsp3) is 0.100. The average Bonchev–Trinajstić information content (AvgIpc) is 2.26. The maximum atomic E-state index is 10.9. The van der Waals surface area contributed by atoms with Crippen LogP contribution in [0.15, 0.2) is 36.7 Å². The summed E-state index contributed by atoms with van der Waals surface area (Å²) in [6.45, 7) is 0.